The number of rotatable bonds is 8. The number of hydrogen-bond donors (Lipinski definition) is 2. The summed E-state index contributed by atoms with van der Waals surface area (Å²) < 4.78 is 32.8. The number of methoxy groups -OCH3 is 1. The Labute approximate surface area is 161 Å². The van der Waals surface area contributed by atoms with E-state index in [2.05, 4.69) is 5.32 Å². The lowest BCUT2D eigenvalue weighted by Crippen LogP contribution is -2.49. The van der Waals surface area contributed by atoms with Crippen molar-refractivity contribution in [2.24, 2.45) is 5.73 Å². The molecule has 0 saturated carbocycles. The van der Waals surface area contributed by atoms with Crippen LogP contribution in [0, 0.1) is 0 Å². The largest absolute Gasteiger partial charge is 0.380 e. The van der Waals surface area contributed by atoms with Gasteiger partial charge in [0.2, 0.25) is 15.9 Å². The molecule has 7 nitrogen and oxygen atoms in total. The molecule has 1 amide bonds. The highest BCUT2D eigenvalue weighted by atomic mass is 35.5. The number of benzene rings is 1. The zero-order valence-corrected chi connectivity index (χ0v) is 16.7. The van der Waals surface area contributed by atoms with Crippen LogP contribution in [0.15, 0.2) is 29.2 Å². The zero-order valence-electron chi connectivity index (χ0n) is 15.0. The van der Waals surface area contributed by atoms with E-state index in [1.54, 1.807) is 25.3 Å². The van der Waals surface area contributed by atoms with Gasteiger partial charge in [-0.1, -0.05) is 18.6 Å². The number of carbonyl (C=O) groups excluding carboxylic acids is 1. The number of halogens is 1. The Hall–Kier alpha value is -1.19. The molecule has 1 heterocycles. The van der Waals surface area contributed by atoms with E-state index in [9.17, 15) is 13.2 Å². The monoisotopic (exact) mass is 405 g/mol. The molecule has 9 heteroatoms. The highest BCUT2D eigenvalue weighted by Crippen LogP contribution is 2.25. The number of piperidine rings is 1. The topological polar surface area (TPSA) is 102 Å². The van der Waals surface area contributed by atoms with E-state index >= 15 is 0 Å². The van der Waals surface area contributed by atoms with Gasteiger partial charge in [0.25, 0.3) is 0 Å². The Balaban J connectivity index is 0.00000338. The third kappa shape index (κ3) is 5.92. The van der Waals surface area contributed by atoms with Crippen LogP contribution in [0.4, 0.5) is 0 Å². The second kappa shape index (κ2) is 10.8. The Morgan fingerprint density at radius 2 is 2.15 bits per heavy atom. The van der Waals surface area contributed by atoms with Gasteiger partial charge >= 0.3 is 0 Å². The summed E-state index contributed by atoms with van der Waals surface area (Å²) in [4.78, 5) is 11.9. The third-order valence-electron chi connectivity index (χ3n) is 4.30. The summed E-state index contributed by atoms with van der Waals surface area (Å²) in [7, 11) is -2.04. The molecule has 1 aromatic rings. The van der Waals surface area contributed by atoms with Crippen molar-refractivity contribution >= 4 is 28.3 Å². The molecular weight excluding hydrogens is 378 g/mol. The predicted octanol–water partition coefficient (Wildman–Crippen LogP) is 1.26. The van der Waals surface area contributed by atoms with Crippen LogP contribution >= 0.6 is 12.4 Å². The standard InChI is InChI=1S/C17H27N3O4S.ClH/c1-24-13-14-5-4-7-16(11-14)25(22,23)20-10-3-2-6-15(20)12-19-17(21)8-9-18;/h4-5,7,11,15H,2-3,6,8-10,12-13,18H2,1H3,(H,19,21);1H. The summed E-state index contributed by atoms with van der Waals surface area (Å²) in [6.07, 6.45) is 2.76. The van der Waals surface area contributed by atoms with Crippen LogP contribution in [0.25, 0.3) is 0 Å². The van der Waals surface area contributed by atoms with Gasteiger partial charge < -0.3 is 15.8 Å². The van der Waals surface area contributed by atoms with Gasteiger partial charge in [-0.2, -0.15) is 4.31 Å². The van der Waals surface area contributed by atoms with Crippen molar-refractivity contribution in [3.05, 3.63) is 29.8 Å². The van der Waals surface area contributed by atoms with Gasteiger partial charge in [-0.05, 0) is 30.5 Å². The molecule has 3 N–H and O–H groups in total. The second-order valence-corrected chi connectivity index (χ2v) is 8.08. The number of carbonyl (C=O) groups is 1. The molecule has 0 aliphatic carbocycles. The van der Waals surface area contributed by atoms with Crippen LogP contribution in [-0.2, 0) is 26.2 Å². The summed E-state index contributed by atoms with van der Waals surface area (Å²) in [5, 5.41) is 2.79. The van der Waals surface area contributed by atoms with Crippen molar-refractivity contribution in [2.75, 3.05) is 26.7 Å². The van der Waals surface area contributed by atoms with E-state index in [-0.39, 0.29) is 42.2 Å². The molecule has 0 spiro atoms. The van der Waals surface area contributed by atoms with E-state index in [1.165, 1.54) is 4.31 Å². The number of amides is 1. The van der Waals surface area contributed by atoms with Crippen LogP contribution in [-0.4, -0.2) is 51.4 Å². The van der Waals surface area contributed by atoms with E-state index < -0.39 is 10.0 Å². The van der Waals surface area contributed by atoms with Crippen molar-refractivity contribution in [3.63, 3.8) is 0 Å². The third-order valence-corrected chi connectivity index (χ3v) is 6.24. The number of nitrogens with zero attached hydrogens (tertiary/aromatic N) is 1. The fourth-order valence-electron chi connectivity index (χ4n) is 3.04. The minimum Gasteiger partial charge on any atom is -0.380 e. The fraction of sp³-hybridized carbons (Fsp3) is 0.588. The Morgan fingerprint density at radius 1 is 1.38 bits per heavy atom. The van der Waals surface area contributed by atoms with E-state index in [1.807, 2.05) is 6.07 Å². The van der Waals surface area contributed by atoms with E-state index in [4.69, 9.17) is 10.5 Å². The molecule has 148 valence electrons. The lowest BCUT2D eigenvalue weighted by atomic mass is 10.1. The molecule has 1 fully saturated rings. The van der Waals surface area contributed by atoms with Gasteiger partial charge in [-0.15, -0.1) is 12.4 Å². The Morgan fingerprint density at radius 3 is 2.85 bits per heavy atom. The Kier molecular flexibility index (Phi) is 9.52. The normalized spacial score (nSPS) is 18.2. The van der Waals surface area contributed by atoms with Crippen LogP contribution in [0.1, 0.15) is 31.2 Å². The number of ether oxygens (including phenoxy) is 1. The van der Waals surface area contributed by atoms with Crippen molar-refractivity contribution in [1.29, 1.82) is 0 Å². The number of nitrogens with one attached hydrogen (secondary N) is 1. The van der Waals surface area contributed by atoms with Gasteiger partial charge in [0.05, 0.1) is 11.5 Å². The molecule has 2 rings (SSSR count). The van der Waals surface area contributed by atoms with Crippen LogP contribution < -0.4 is 11.1 Å². The Bertz CT molecular complexity index is 684. The molecule has 0 bridgehead atoms. The lowest BCUT2D eigenvalue weighted by molar-refractivity contribution is -0.121. The summed E-state index contributed by atoms with van der Waals surface area (Å²) in [5.74, 6) is -0.146. The molecule has 1 unspecified atom stereocenters. The first-order chi connectivity index (χ1) is 12.0. The summed E-state index contributed by atoms with van der Waals surface area (Å²) in [6, 6.07) is 6.59. The van der Waals surface area contributed by atoms with Crippen molar-refractivity contribution in [2.45, 2.75) is 43.2 Å². The SMILES string of the molecule is COCc1cccc(S(=O)(=O)N2CCCCC2CNC(=O)CCN)c1.Cl. The first kappa shape index (κ1) is 22.9. The van der Waals surface area contributed by atoms with Crippen molar-refractivity contribution in [1.82, 2.24) is 9.62 Å². The summed E-state index contributed by atoms with van der Waals surface area (Å²) in [6.45, 7) is 1.43. The number of nitrogens with two attached hydrogens (primary N) is 1. The van der Waals surface area contributed by atoms with E-state index in [0.717, 1.165) is 24.8 Å². The lowest BCUT2D eigenvalue weighted by Gasteiger charge is -2.34. The van der Waals surface area contributed by atoms with Crippen molar-refractivity contribution in [3.8, 4) is 0 Å². The maximum atomic E-state index is 13.1. The highest BCUT2D eigenvalue weighted by Gasteiger charge is 2.33. The van der Waals surface area contributed by atoms with Gasteiger partial charge in [-0.3, -0.25) is 4.79 Å². The first-order valence-electron chi connectivity index (χ1n) is 8.55. The quantitative estimate of drug-likeness (QED) is 0.678. The van der Waals surface area contributed by atoms with Crippen LogP contribution in [0.3, 0.4) is 0 Å². The van der Waals surface area contributed by atoms with Crippen LogP contribution in [0.2, 0.25) is 0 Å². The molecule has 0 aromatic heterocycles. The number of sulfonamides is 1. The van der Waals surface area contributed by atoms with Crippen molar-refractivity contribution < 1.29 is 17.9 Å². The number of hydrogen-bond acceptors (Lipinski definition) is 5. The van der Waals surface area contributed by atoms with Gasteiger partial charge in [0, 0.05) is 39.2 Å². The highest BCUT2D eigenvalue weighted by molar-refractivity contribution is 7.89. The molecule has 1 aliphatic heterocycles. The zero-order chi connectivity index (χ0) is 18.3. The summed E-state index contributed by atoms with van der Waals surface area (Å²) >= 11 is 0. The molecule has 0 radical (unpaired) electrons. The van der Waals surface area contributed by atoms with Gasteiger partial charge in [-0.25, -0.2) is 8.42 Å². The molecule has 26 heavy (non-hydrogen) atoms. The molecule has 1 aliphatic rings. The maximum Gasteiger partial charge on any atom is 0.243 e. The van der Waals surface area contributed by atoms with Gasteiger partial charge in [0.1, 0.15) is 0 Å². The minimum absolute atomic E-state index is 0. The average molecular weight is 406 g/mol. The molecule has 1 aromatic carbocycles. The maximum absolute atomic E-state index is 13.1. The fourth-order valence-corrected chi connectivity index (χ4v) is 4.81. The first-order valence-corrected chi connectivity index (χ1v) is 9.99. The second-order valence-electron chi connectivity index (χ2n) is 6.19. The van der Waals surface area contributed by atoms with E-state index in [0.29, 0.717) is 19.7 Å². The predicted molar refractivity (Wildman–Crippen MR) is 103 cm³/mol. The smallest absolute Gasteiger partial charge is 0.243 e. The molecule has 1 saturated heterocycles. The van der Waals surface area contributed by atoms with Crippen LogP contribution in [0.5, 0.6) is 0 Å². The molecule has 1 atom stereocenters. The molecular formula is C17H28ClN3O4S. The average Bonchev–Trinajstić information content (AvgIpc) is 2.61. The summed E-state index contributed by atoms with van der Waals surface area (Å²) in [5.41, 5.74) is 6.19. The van der Waals surface area contributed by atoms with Gasteiger partial charge in [0.15, 0.2) is 0 Å². The minimum atomic E-state index is -3.61.